The van der Waals surface area contributed by atoms with Crippen molar-refractivity contribution < 1.29 is 19.1 Å². The number of rotatable bonds is 7. The first kappa shape index (κ1) is 31.4. The highest BCUT2D eigenvalue weighted by Crippen LogP contribution is 2.41. The summed E-state index contributed by atoms with van der Waals surface area (Å²) in [5, 5.41) is 15.3. The number of carbonyl (C=O) groups is 2. The van der Waals surface area contributed by atoms with E-state index < -0.39 is 22.4 Å². The van der Waals surface area contributed by atoms with E-state index in [2.05, 4.69) is 5.32 Å². The fourth-order valence-corrected chi connectivity index (χ4v) is 7.27. The number of carbonyl (C=O) groups excluding carboxylic acids is 2. The summed E-state index contributed by atoms with van der Waals surface area (Å²) in [6.07, 6.45) is 8.90. The lowest BCUT2D eigenvalue weighted by molar-refractivity contribution is -0.157. The smallest absolute Gasteiger partial charge is 0.256 e. The van der Waals surface area contributed by atoms with Gasteiger partial charge in [-0.1, -0.05) is 71.1 Å². The van der Waals surface area contributed by atoms with Crippen molar-refractivity contribution in [2.45, 2.75) is 77.9 Å². The molecule has 1 aliphatic carbocycles. The molecule has 0 spiro atoms. The fourth-order valence-electron chi connectivity index (χ4n) is 7.27. The molecule has 2 atom stereocenters. The highest BCUT2D eigenvalue weighted by molar-refractivity contribution is 6.00. The number of hydrogen-bond acceptors (Lipinski definition) is 5. The van der Waals surface area contributed by atoms with Crippen LogP contribution in [-0.4, -0.2) is 76.2 Å². The van der Waals surface area contributed by atoms with Gasteiger partial charge in [0.05, 0.1) is 17.7 Å². The van der Waals surface area contributed by atoms with Crippen LogP contribution in [0, 0.1) is 23.1 Å². The van der Waals surface area contributed by atoms with E-state index in [1.54, 1.807) is 23.1 Å². The molecular weight excluding hydrogens is 547 g/mol. The molecule has 9 heteroatoms. The molecule has 1 aromatic carbocycles. The predicted molar refractivity (Wildman–Crippen MR) is 165 cm³/mol. The summed E-state index contributed by atoms with van der Waals surface area (Å²) in [7, 11) is 0. The third-order valence-corrected chi connectivity index (χ3v) is 10.1. The van der Waals surface area contributed by atoms with E-state index in [1.807, 2.05) is 25.7 Å². The van der Waals surface area contributed by atoms with Gasteiger partial charge in [0.2, 0.25) is 5.91 Å². The predicted octanol–water partition coefficient (Wildman–Crippen LogP) is 4.30. The summed E-state index contributed by atoms with van der Waals surface area (Å²) in [5.74, 6) is -0.0939. The topological polar surface area (TPSA) is 94.9 Å². The second kappa shape index (κ2) is 12.9. The van der Waals surface area contributed by atoms with Gasteiger partial charge in [-0.25, -0.2) is 4.39 Å². The van der Waals surface area contributed by atoms with E-state index in [0.29, 0.717) is 51.6 Å². The third kappa shape index (κ3) is 6.73. The first-order chi connectivity index (χ1) is 20.5. The highest BCUT2D eigenvalue weighted by Gasteiger charge is 2.49. The maximum Gasteiger partial charge on any atom is 0.256 e. The Bertz CT molecular complexity index is 1380. The van der Waals surface area contributed by atoms with Gasteiger partial charge in [-0.3, -0.25) is 14.4 Å². The average Bonchev–Trinajstić information content (AvgIpc) is 3.00. The number of likely N-dealkylation sites (tertiary alicyclic amines) is 1. The molecule has 3 heterocycles. The number of amides is 2. The molecule has 0 radical (unpaired) electrons. The third-order valence-electron chi connectivity index (χ3n) is 10.1. The van der Waals surface area contributed by atoms with Crippen molar-refractivity contribution in [3.63, 3.8) is 0 Å². The number of piperazine rings is 1. The second-order valence-corrected chi connectivity index (χ2v) is 13.7. The molecule has 3 aliphatic rings. The van der Waals surface area contributed by atoms with Crippen molar-refractivity contribution in [2.75, 3.05) is 39.3 Å². The molecule has 234 valence electrons. The standard InChI is InChI=1S/C34H47FN4O4/c1-24(19-25-9-5-4-6-10-25)31(41)38-16-13-34(43,33(2,3)22-38)23-39-21-28(32(42)37-17-14-36-15-18-37)27(20-30(39)40)26-11-7-8-12-29(26)35/h7-8,11-12,20-21,24-25,36,43H,4-6,9-10,13-19,22-23H2,1-3H3. The molecule has 2 saturated heterocycles. The number of nitrogens with one attached hydrogen (secondary N) is 1. The minimum atomic E-state index is -1.30. The summed E-state index contributed by atoms with van der Waals surface area (Å²) in [4.78, 5) is 44.3. The lowest BCUT2D eigenvalue weighted by atomic mass is 9.69. The first-order valence-corrected chi connectivity index (χ1v) is 16.0. The summed E-state index contributed by atoms with van der Waals surface area (Å²) in [6, 6.07) is 7.45. The summed E-state index contributed by atoms with van der Waals surface area (Å²) < 4.78 is 16.3. The van der Waals surface area contributed by atoms with Crippen molar-refractivity contribution in [3.05, 3.63) is 58.3 Å². The molecule has 2 amide bonds. The number of aromatic nitrogens is 1. The van der Waals surface area contributed by atoms with Crippen LogP contribution in [0.4, 0.5) is 4.39 Å². The monoisotopic (exact) mass is 594 g/mol. The molecule has 8 nitrogen and oxygen atoms in total. The van der Waals surface area contributed by atoms with Gasteiger partial charge in [-0.05, 0) is 24.8 Å². The zero-order chi connectivity index (χ0) is 30.8. The van der Waals surface area contributed by atoms with Crippen molar-refractivity contribution >= 4 is 11.8 Å². The number of pyridine rings is 1. The number of halogens is 1. The van der Waals surface area contributed by atoms with Gasteiger partial charge in [0.1, 0.15) is 5.82 Å². The van der Waals surface area contributed by atoms with E-state index in [9.17, 15) is 23.9 Å². The zero-order valence-corrected chi connectivity index (χ0v) is 25.9. The summed E-state index contributed by atoms with van der Waals surface area (Å²) in [6.45, 7) is 8.98. The Balaban J connectivity index is 1.39. The van der Waals surface area contributed by atoms with Crippen molar-refractivity contribution in [3.8, 4) is 11.1 Å². The number of piperidine rings is 1. The maximum atomic E-state index is 14.9. The quantitative estimate of drug-likeness (QED) is 0.499. The molecule has 1 aromatic heterocycles. The molecule has 2 unspecified atom stereocenters. The van der Waals surface area contributed by atoms with Crippen molar-refractivity contribution in [1.29, 1.82) is 0 Å². The lowest BCUT2D eigenvalue weighted by Gasteiger charge is -2.51. The van der Waals surface area contributed by atoms with Crippen LogP contribution in [0.3, 0.4) is 0 Å². The number of hydrogen-bond donors (Lipinski definition) is 2. The second-order valence-electron chi connectivity index (χ2n) is 13.7. The van der Waals surface area contributed by atoms with Crippen LogP contribution in [0.1, 0.15) is 76.1 Å². The van der Waals surface area contributed by atoms with Crippen molar-refractivity contribution in [1.82, 2.24) is 19.7 Å². The average molecular weight is 595 g/mol. The van der Waals surface area contributed by atoms with E-state index in [-0.39, 0.29) is 41.0 Å². The Hall–Kier alpha value is -3.04. The van der Waals surface area contributed by atoms with Crippen LogP contribution in [0.15, 0.2) is 41.3 Å². The Morgan fingerprint density at radius 2 is 1.74 bits per heavy atom. The van der Waals surface area contributed by atoms with Gasteiger partial charge in [0, 0.05) is 74.0 Å². The molecule has 0 bridgehead atoms. The Morgan fingerprint density at radius 3 is 2.42 bits per heavy atom. The van der Waals surface area contributed by atoms with Gasteiger partial charge < -0.3 is 24.8 Å². The Labute approximate surface area is 254 Å². The largest absolute Gasteiger partial charge is 0.387 e. The fraction of sp³-hybridized carbons (Fsp3) is 0.618. The number of aliphatic hydroxyl groups is 1. The van der Waals surface area contributed by atoms with E-state index >= 15 is 0 Å². The minimum Gasteiger partial charge on any atom is -0.387 e. The SMILES string of the molecule is CC(CC1CCCCC1)C(=O)N1CCC(O)(Cn2cc(C(=O)N3CCNCC3)c(-c3ccccc3F)cc2=O)C(C)(C)C1. The molecule has 5 rings (SSSR count). The molecule has 3 fully saturated rings. The van der Waals surface area contributed by atoms with Crippen LogP contribution in [0.25, 0.3) is 11.1 Å². The Kier molecular flexibility index (Phi) is 9.42. The van der Waals surface area contributed by atoms with Crippen LogP contribution in [0.5, 0.6) is 0 Å². The first-order valence-electron chi connectivity index (χ1n) is 16.0. The van der Waals surface area contributed by atoms with Gasteiger partial charge in [0.15, 0.2) is 0 Å². The molecule has 43 heavy (non-hydrogen) atoms. The normalized spacial score (nSPS) is 23.7. The van der Waals surface area contributed by atoms with E-state index in [1.165, 1.54) is 55.0 Å². The highest BCUT2D eigenvalue weighted by atomic mass is 19.1. The number of nitrogens with zero attached hydrogens (tertiary/aromatic N) is 3. The van der Waals surface area contributed by atoms with Crippen LogP contribution >= 0.6 is 0 Å². The minimum absolute atomic E-state index is 0.0299. The van der Waals surface area contributed by atoms with Gasteiger partial charge in [-0.15, -0.1) is 0 Å². The van der Waals surface area contributed by atoms with E-state index in [4.69, 9.17) is 0 Å². The molecular formula is C34H47FN4O4. The lowest BCUT2D eigenvalue weighted by Crippen LogP contribution is -2.61. The van der Waals surface area contributed by atoms with E-state index in [0.717, 1.165) is 6.42 Å². The Morgan fingerprint density at radius 1 is 1.05 bits per heavy atom. The number of benzene rings is 1. The van der Waals surface area contributed by atoms with Crippen molar-refractivity contribution in [2.24, 2.45) is 17.3 Å². The summed E-state index contributed by atoms with van der Waals surface area (Å²) >= 11 is 0. The van der Waals surface area contributed by atoms with Gasteiger partial charge >= 0.3 is 0 Å². The van der Waals surface area contributed by atoms with Crippen LogP contribution in [0.2, 0.25) is 0 Å². The van der Waals surface area contributed by atoms with Crippen LogP contribution in [-0.2, 0) is 11.3 Å². The maximum absolute atomic E-state index is 14.9. The molecule has 1 saturated carbocycles. The van der Waals surface area contributed by atoms with Crippen LogP contribution < -0.4 is 10.9 Å². The molecule has 2 aromatic rings. The molecule has 2 N–H and O–H groups in total. The zero-order valence-electron chi connectivity index (χ0n) is 25.9. The van der Waals surface area contributed by atoms with Gasteiger partial charge in [-0.2, -0.15) is 0 Å². The summed E-state index contributed by atoms with van der Waals surface area (Å²) in [5.41, 5.74) is -1.75. The molecule has 2 aliphatic heterocycles. The van der Waals surface area contributed by atoms with Gasteiger partial charge in [0.25, 0.3) is 11.5 Å².